The molecule has 0 aromatic carbocycles. The summed E-state index contributed by atoms with van der Waals surface area (Å²) in [5, 5.41) is 4.23. The van der Waals surface area contributed by atoms with Gasteiger partial charge in [0.05, 0.1) is 12.5 Å². The Kier molecular flexibility index (Phi) is 3.10. The number of nitrogens with two attached hydrogens (primary N) is 1. The summed E-state index contributed by atoms with van der Waals surface area (Å²) < 4.78 is 7.16. The molecule has 0 radical (unpaired) electrons. The third-order valence-electron chi connectivity index (χ3n) is 2.76. The van der Waals surface area contributed by atoms with Crippen LogP contribution in [0.15, 0.2) is 29.1 Å². The van der Waals surface area contributed by atoms with Gasteiger partial charge < -0.3 is 10.2 Å². The molecular weight excluding hydrogens is 202 g/mol. The summed E-state index contributed by atoms with van der Waals surface area (Å²) in [5.41, 5.74) is 8.36. The summed E-state index contributed by atoms with van der Waals surface area (Å²) in [5.74, 6) is 0.899. The van der Waals surface area contributed by atoms with Gasteiger partial charge in [-0.15, -0.1) is 0 Å². The Hall–Kier alpha value is -1.55. The van der Waals surface area contributed by atoms with Crippen LogP contribution in [0.3, 0.4) is 0 Å². The minimum absolute atomic E-state index is 0.0201. The molecule has 4 heteroatoms. The highest BCUT2D eigenvalue weighted by Gasteiger charge is 2.12. The van der Waals surface area contributed by atoms with Crippen molar-refractivity contribution < 1.29 is 4.42 Å². The van der Waals surface area contributed by atoms with Gasteiger partial charge in [0.1, 0.15) is 5.76 Å². The normalized spacial score (nSPS) is 12.9. The molecule has 1 unspecified atom stereocenters. The van der Waals surface area contributed by atoms with Crippen molar-refractivity contribution in [1.82, 2.24) is 9.78 Å². The van der Waals surface area contributed by atoms with Gasteiger partial charge in [0.2, 0.25) is 0 Å². The third-order valence-corrected chi connectivity index (χ3v) is 2.76. The van der Waals surface area contributed by atoms with E-state index in [0.717, 1.165) is 29.9 Å². The van der Waals surface area contributed by atoms with Crippen LogP contribution in [0.25, 0.3) is 0 Å². The number of rotatable bonds is 4. The molecule has 2 rings (SSSR count). The van der Waals surface area contributed by atoms with Crippen LogP contribution >= 0.6 is 0 Å². The smallest absolute Gasteiger partial charge is 0.105 e. The monoisotopic (exact) mass is 219 g/mol. The Morgan fingerprint density at radius 1 is 1.56 bits per heavy atom. The van der Waals surface area contributed by atoms with E-state index >= 15 is 0 Å². The van der Waals surface area contributed by atoms with Crippen molar-refractivity contribution in [3.05, 3.63) is 41.6 Å². The molecule has 0 saturated carbocycles. The molecule has 1 atom stereocenters. The molecule has 0 amide bonds. The Bertz CT molecular complexity index is 458. The minimum atomic E-state index is -0.0201. The third kappa shape index (κ3) is 2.17. The van der Waals surface area contributed by atoms with Crippen molar-refractivity contribution in [3.63, 3.8) is 0 Å². The topological polar surface area (TPSA) is 57.0 Å². The van der Waals surface area contributed by atoms with Crippen molar-refractivity contribution in [2.24, 2.45) is 5.73 Å². The van der Waals surface area contributed by atoms with Crippen molar-refractivity contribution in [3.8, 4) is 0 Å². The Morgan fingerprint density at radius 3 is 2.94 bits per heavy atom. The van der Waals surface area contributed by atoms with Crippen LogP contribution in [0.5, 0.6) is 0 Å². The Balaban J connectivity index is 2.07. The average molecular weight is 219 g/mol. The molecule has 2 aromatic rings. The maximum atomic E-state index is 6.13. The minimum Gasteiger partial charge on any atom is -0.469 e. The number of aromatic nitrogens is 2. The molecule has 0 spiro atoms. The zero-order chi connectivity index (χ0) is 11.5. The summed E-state index contributed by atoms with van der Waals surface area (Å²) >= 11 is 0. The highest BCUT2D eigenvalue weighted by molar-refractivity contribution is 5.22. The van der Waals surface area contributed by atoms with Gasteiger partial charge in [0.25, 0.3) is 0 Å². The van der Waals surface area contributed by atoms with Crippen LogP contribution in [-0.4, -0.2) is 9.78 Å². The lowest BCUT2D eigenvalue weighted by Gasteiger charge is -2.08. The fourth-order valence-electron chi connectivity index (χ4n) is 1.83. The molecule has 2 heterocycles. The summed E-state index contributed by atoms with van der Waals surface area (Å²) in [7, 11) is 0. The van der Waals surface area contributed by atoms with Gasteiger partial charge in [-0.2, -0.15) is 5.10 Å². The van der Waals surface area contributed by atoms with E-state index in [2.05, 4.69) is 12.0 Å². The Morgan fingerprint density at radius 2 is 2.38 bits per heavy atom. The summed E-state index contributed by atoms with van der Waals surface area (Å²) in [6.45, 7) is 4.89. The van der Waals surface area contributed by atoms with Crippen molar-refractivity contribution in [2.45, 2.75) is 32.9 Å². The Labute approximate surface area is 95.1 Å². The number of nitrogens with zero attached hydrogens (tertiary/aromatic N) is 2. The lowest BCUT2D eigenvalue weighted by molar-refractivity contribution is 0.524. The number of hydrogen-bond acceptors (Lipinski definition) is 3. The molecule has 2 N–H and O–H groups in total. The largest absolute Gasteiger partial charge is 0.469 e. The van der Waals surface area contributed by atoms with E-state index in [1.54, 1.807) is 6.26 Å². The predicted octanol–water partition coefficient (Wildman–Crippen LogP) is 2.05. The van der Waals surface area contributed by atoms with E-state index in [1.165, 1.54) is 0 Å². The predicted molar refractivity (Wildman–Crippen MR) is 62.0 cm³/mol. The zero-order valence-electron chi connectivity index (χ0n) is 9.68. The average Bonchev–Trinajstić information content (AvgIpc) is 2.86. The van der Waals surface area contributed by atoms with E-state index in [4.69, 9.17) is 10.2 Å². The number of hydrogen-bond donors (Lipinski definition) is 1. The van der Waals surface area contributed by atoms with Crippen molar-refractivity contribution >= 4 is 0 Å². The van der Waals surface area contributed by atoms with E-state index in [0.29, 0.717) is 0 Å². The second kappa shape index (κ2) is 4.53. The summed E-state index contributed by atoms with van der Waals surface area (Å²) in [4.78, 5) is 0. The van der Waals surface area contributed by atoms with Gasteiger partial charge in [-0.05, 0) is 31.9 Å². The molecule has 0 aliphatic rings. The lowest BCUT2D eigenvalue weighted by Crippen LogP contribution is -2.13. The molecule has 0 saturated heterocycles. The SMILES string of the molecule is CCn1cc(CC(N)c2ccoc2C)cn1. The first-order valence-electron chi connectivity index (χ1n) is 5.51. The van der Waals surface area contributed by atoms with E-state index < -0.39 is 0 Å². The van der Waals surface area contributed by atoms with Gasteiger partial charge in [-0.1, -0.05) is 0 Å². The number of furan rings is 1. The second-order valence-corrected chi connectivity index (χ2v) is 3.95. The molecule has 4 nitrogen and oxygen atoms in total. The van der Waals surface area contributed by atoms with E-state index in [9.17, 15) is 0 Å². The van der Waals surface area contributed by atoms with E-state index in [1.807, 2.05) is 30.1 Å². The van der Waals surface area contributed by atoms with Crippen LogP contribution in [0.2, 0.25) is 0 Å². The lowest BCUT2D eigenvalue weighted by atomic mass is 10.0. The molecule has 0 fully saturated rings. The van der Waals surface area contributed by atoms with Gasteiger partial charge in [-0.25, -0.2) is 0 Å². The molecule has 16 heavy (non-hydrogen) atoms. The molecular formula is C12H17N3O. The maximum Gasteiger partial charge on any atom is 0.105 e. The summed E-state index contributed by atoms with van der Waals surface area (Å²) in [6, 6.07) is 1.91. The van der Waals surface area contributed by atoms with E-state index in [-0.39, 0.29) is 6.04 Å². The molecule has 0 aliphatic heterocycles. The first kappa shape index (κ1) is 11.0. The van der Waals surface area contributed by atoms with Crippen molar-refractivity contribution in [1.29, 1.82) is 0 Å². The second-order valence-electron chi connectivity index (χ2n) is 3.95. The first-order chi connectivity index (χ1) is 7.70. The van der Waals surface area contributed by atoms with Crippen LogP contribution in [0.4, 0.5) is 0 Å². The highest BCUT2D eigenvalue weighted by Crippen LogP contribution is 2.20. The molecule has 2 aromatic heterocycles. The van der Waals surface area contributed by atoms with Gasteiger partial charge in [0.15, 0.2) is 0 Å². The fraction of sp³-hybridized carbons (Fsp3) is 0.417. The fourth-order valence-corrected chi connectivity index (χ4v) is 1.83. The van der Waals surface area contributed by atoms with Gasteiger partial charge >= 0.3 is 0 Å². The molecule has 0 aliphatic carbocycles. The first-order valence-corrected chi connectivity index (χ1v) is 5.51. The van der Waals surface area contributed by atoms with Crippen molar-refractivity contribution in [2.75, 3.05) is 0 Å². The summed E-state index contributed by atoms with van der Waals surface area (Å²) in [6.07, 6.45) is 6.38. The maximum absolute atomic E-state index is 6.13. The highest BCUT2D eigenvalue weighted by atomic mass is 16.3. The van der Waals surface area contributed by atoms with Crippen LogP contribution in [0, 0.1) is 6.92 Å². The van der Waals surface area contributed by atoms with Crippen LogP contribution < -0.4 is 5.73 Å². The van der Waals surface area contributed by atoms with Crippen LogP contribution in [0.1, 0.15) is 29.9 Å². The standard InChI is InChI=1S/C12H17N3O/c1-3-15-8-10(7-14-15)6-12(13)11-4-5-16-9(11)2/h4-5,7-8,12H,3,6,13H2,1-2H3. The van der Waals surface area contributed by atoms with Crippen LogP contribution in [-0.2, 0) is 13.0 Å². The quantitative estimate of drug-likeness (QED) is 0.856. The number of aryl methyl sites for hydroxylation is 2. The zero-order valence-corrected chi connectivity index (χ0v) is 9.68. The molecule has 86 valence electrons. The molecule has 0 bridgehead atoms. The van der Waals surface area contributed by atoms with Gasteiger partial charge in [0, 0.05) is 24.3 Å². The van der Waals surface area contributed by atoms with Gasteiger partial charge in [-0.3, -0.25) is 4.68 Å².